The smallest absolute Gasteiger partial charge is 0.223 e. The molecule has 0 aromatic heterocycles. The van der Waals surface area contributed by atoms with Crippen LogP contribution in [0.15, 0.2) is 0 Å². The number of alkyl halides is 1. The average Bonchev–Trinajstić information content (AvgIpc) is 2.33. The van der Waals surface area contributed by atoms with E-state index in [1.807, 2.05) is 0 Å². The first-order valence-corrected chi connectivity index (χ1v) is 9.65. The number of amides is 1. The fourth-order valence-electron chi connectivity index (χ4n) is 5.42. The lowest BCUT2D eigenvalue weighted by Crippen LogP contribution is -2.51. The zero-order valence-corrected chi connectivity index (χ0v) is 15.3. The number of hydrogen-bond donors (Lipinski definition) is 1. The molecule has 4 saturated carbocycles. The van der Waals surface area contributed by atoms with Crippen LogP contribution in [0.4, 0.5) is 0 Å². The molecule has 1 unspecified atom stereocenters. The lowest BCUT2D eigenvalue weighted by Gasteiger charge is -2.53. The summed E-state index contributed by atoms with van der Waals surface area (Å²) >= 11 is 3.73. The number of halogens is 1. The summed E-state index contributed by atoms with van der Waals surface area (Å²) in [5.74, 6) is 3.95. The maximum atomic E-state index is 12.7. The fraction of sp³-hybridized carbons (Fsp3) is 0.944. The standard InChI is InChI=1S/C18H30BrNO/c1-18(2,3)9-15(19)10-20-17(21)16-13-5-11-4-12(7-13)8-14(16)6-11/h11-16H,4-10H2,1-3H3,(H,20,21). The van der Waals surface area contributed by atoms with Crippen molar-refractivity contribution < 1.29 is 4.79 Å². The SMILES string of the molecule is CC(C)(C)CC(Br)CNC(=O)C1C2CC3CC(C2)CC1C3. The molecule has 1 amide bonds. The van der Waals surface area contributed by atoms with Crippen molar-refractivity contribution in [2.45, 2.75) is 64.1 Å². The second-order valence-electron chi connectivity index (χ2n) is 9.06. The van der Waals surface area contributed by atoms with Crippen molar-refractivity contribution in [2.24, 2.45) is 35.0 Å². The van der Waals surface area contributed by atoms with Crippen LogP contribution in [-0.2, 0) is 4.79 Å². The van der Waals surface area contributed by atoms with Crippen LogP contribution < -0.4 is 5.32 Å². The predicted octanol–water partition coefficient (Wildman–Crippen LogP) is 4.37. The third-order valence-corrected chi connectivity index (χ3v) is 6.51. The molecule has 3 heteroatoms. The van der Waals surface area contributed by atoms with Crippen LogP contribution in [0.1, 0.15) is 59.3 Å². The first-order chi connectivity index (χ1) is 9.82. The van der Waals surface area contributed by atoms with Gasteiger partial charge in [-0.2, -0.15) is 0 Å². The summed E-state index contributed by atoms with van der Waals surface area (Å²) in [6.45, 7) is 7.53. The molecule has 4 aliphatic rings. The van der Waals surface area contributed by atoms with E-state index in [2.05, 4.69) is 42.0 Å². The number of carbonyl (C=O) groups is 1. The summed E-state index contributed by atoms with van der Waals surface area (Å²) in [6.07, 6.45) is 7.84. The van der Waals surface area contributed by atoms with Gasteiger partial charge in [-0.15, -0.1) is 0 Å². The van der Waals surface area contributed by atoms with Crippen molar-refractivity contribution in [3.8, 4) is 0 Å². The maximum absolute atomic E-state index is 12.7. The third-order valence-electron chi connectivity index (χ3n) is 5.86. The highest BCUT2D eigenvalue weighted by atomic mass is 79.9. The van der Waals surface area contributed by atoms with E-state index in [4.69, 9.17) is 0 Å². The van der Waals surface area contributed by atoms with Gasteiger partial charge in [0.05, 0.1) is 0 Å². The topological polar surface area (TPSA) is 29.1 Å². The molecule has 2 nitrogen and oxygen atoms in total. The minimum absolute atomic E-state index is 0.307. The predicted molar refractivity (Wildman–Crippen MR) is 90.3 cm³/mol. The summed E-state index contributed by atoms with van der Waals surface area (Å²) in [5, 5.41) is 3.25. The van der Waals surface area contributed by atoms with Gasteiger partial charge >= 0.3 is 0 Å². The molecule has 4 rings (SSSR count). The van der Waals surface area contributed by atoms with Crippen molar-refractivity contribution in [2.75, 3.05) is 6.54 Å². The van der Waals surface area contributed by atoms with Crippen LogP contribution >= 0.6 is 15.9 Å². The number of rotatable bonds is 4. The molecule has 4 aliphatic carbocycles. The molecule has 120 valence electrons. The van der Waals surface area contributed by atoms with Crippen LogP contribution in [-0.4, -0.2) is 17.3 Å². The molecular formula is C18H30BrNO. The molecule has 21 heavy (non-hydrogen) atoms. The van der Waals surface area contributed by atoms with Crippen molar-refractivity contribution >= 4 is 21.8 Å². The summed E-state index contributed by atoms with van der Waals surface area (Å²) in [4.78, 5) is 13.1. The molecule has 1 atom stereocenters. The Morgan fingerprint density at radius 1 is 1.10 bits per heavy atom. The summed E-state index contributed by atoms with van der Waals surface area (Å²) in [5.41, 5.74) is 0.307. The van der Waals surface area contributed by atoms with E-state index in [-0.39, 0.29) is 0 Å². The minimum Gasteiger partial charge on any atom is -0.355 e. The largest absolute Gasteiger partial charge is 0.355 e. The van der Waals surface area contributed by atoms with E-state index in [9.17, 15) is 4.79 Å². The molecule has 0 heterocycles. The highest BCUT2D eigenvalue weighted by molar-refractivity contribution is 9.09. The van der Waals surface area contributed by atoms with Gasteiger partial charge in [0, 0.05) is 17.3 Å². The van der Waals surface area contributed by atoms with Gasteiger partial charge in [0.2, 0.25) is 5.91 Å². The lowest BCUT2D eigenvalue weighted by atomic mass is 9.51. The molecule has 0 spiro atoms. The van der Waals surface area contributed by atoms with E-state index in [1.165, 1.54) is 32.1 Å². The Labute approximate surface area is 138 Å². The van der Waals surface area contributed by atoms with Crippen LogP contribution in [0.3, 0.4) is 0 Å². The Hall–Kier alpha value is -0.0500. The second kappa shape index (κ2) is 5.86. The summed E-state index contributed by atoms with van der Waals surface area (Å²) in [6, 6.07) is 0. The third kappa shape index (κ3) is 3.65. The number of nitrogens with one attached hydrogen (secondary N) is 1. The zero-order valence-electron chi connectivity index (χ0n) is 13.7. The van der Waals surface area contributed by atoms with Crippen molar-refractivity contribution in [1.82, 2.24) is 5.32 Å². The Morgan fingerprint density at radius 2 is 1.62 bits per heavy atom. The molecule has 4 fully saturated rings. The van der Waals surface area contributed by atoms with Gasteiger partial charge in [-0.3, -0.25) is 4.79 Å². The Bertz CT molecular complexity index is 373. The van der Waals surface area contributed by atoms with Gasteiger partial charge in [-0.25, -0.2) is 0 Å². The quantitative estimate of drug-likeness (QED) is 0.745. The molecule has 4 bridgehead atoms. The highest BCUT2D eigenvalue weighted by Gasteiger charge is 2.50. The van der Waals surface area contributed by atoms with Gasteiger partial charge in [0.1, 0.15) is 0 Å². The van der Waals surface area contributed by atoms with E-state index >= 15 is 0 Å². The number of hydrogen-bond acceptors (Lipinski definition) is 1. The van der Waals surface area contributed by atoms with E-state index in [0.717, 1.165) is 24.8 Å². The van der Waals surface area contributed by atoms with Crippen molar-refractivity contribution in [3.05, 3.63) is 0 Å². The van der Waals surface area contributed by atoms with Crippen LogP contribution in [0, 0.1) is 35.0 Å². The molecule has 0 aliphatic heterocycles. The van der Waals surface area contributed by atoms with Crippen LogP contribution in [0.2, 0.25) is 0 Å². The second-order valence-corrected chi connectivity index (χ2v) is 10.4. The molecule has 0 saturated heterocycles. The van der Waals surface area contributed by atoms with E-state index in [0.29, 0.717) is 33.9 Å². The Balaban J connectivity index is 1.52. The first kappa shape index (κ1) is 15.8. The van der Waals surface area contributed by atoms with E-state index in [1.54, 1.807) is 0 Å². The molecule has 0 aromatic carbocycles. The van der Waals surface area contributed by atoms with Gasteiger partial charge in [-0.05, 0) is 67.6 Å². The number of carbonyl (C=O) groups excluding carboxylic acids is 1. The molecule has 0 radical (unpaired) electrons. The normalized spacial score (nSPS) is 39.3. The fourth-order valence-corrected chi connectivity index (χ4v) is 6.55. The van der Waals surface area contributed by atoms with Gasteiger partial charge < -0.3 is 5.32 Å². The zero-order chi connectivity index (χ0) is 15.2. The Morgan fingerprint density at radius 3 is 2.10 bits per heavy atom. The van der Waals surface area contributed by atoms with Crippen molar-refractivity contribution in [1.29, 1.82) is 0 Å². The van der Waals surface area contributed by atoms with Gasteiger partial charge in [0.15, 0.2) is 0 Å². The average molecular weight is 356 g/mol. The maximum Gasteiger partial charge on any atom is 0.223 e. The molecular weight excluding hydrogens is 326 g/mol. The Kier molecular flexibility index (Phi) is 4.42. The van der Waals surface area contributed by atoms with E-state index < -0.39 is 0 Å². The van der Waals surface area contributed by atoms with Crippen LogP contribution in [0.25, 0.3) is 0 Å². The molecule has 0 aromatic rings. The van der Waals surface area contributed by atoms with Gasteiger partial charge in [-0.1, -0.05) is 36.7 Å². The van der Waals surface area contributed by atoms with Crippen LogP contribution in [0.5, 0.6) is 0 Å². The first-order valence-electron chi connectivity index (χ1n) is 8.73. The van der Waals surface area contributed by atoms with Gasteiger partial charge in [0.25, 0.3) is 0 Å². The highest BCUT2D eigenvalue weighted by Crippen LogP contribution is 2.56. The summed E-state index contributed by atoms with van der Waals surface area (Å²) < 4.78 is 0. The molecule has 1 N–H and O–H groups in total. The minimum atomic E-state index is 0.307. The monoisotopic (exact) mass is 355 g/mol. The van der Waals surface area contributed by atoms with Crippen molar-refractivity contribution in [3.63, 3.8) is 0 Å². The lowest BCUT2D eigenvalue weighted by molar-refractivity contribution is -0.138. The summed E-state index contributed by atoms with van der Waals surface area (Å²) in [7, 11) is 0.